The van der Waals surface area contributed by atoms with Crippen molar-refractivity contribution in [3.8, 4) is 0 Å². The molecule has 3 amide bonds. The second-order valence-corrected chi connectivity index (χ2v) is 5.25. The van der Waals surface area contributed by atoms with Gasteiger partial charge in [-0.2, -0.15) is 18.3 Å². The molecule has 2 aromatic rings. The van der Waals surface area contributed by atoms with Crippen LogP contribution in [0.2, 0.25) is 0 Å². The van der Waals surface area contributed by atoms with Gasteiger partial charge in [0.05, 0.1) is 5.39 Å². The van der Waals surface area contributed by atoms with Crippen molar-refractivity contribution in [2.45, 2.75) is 6.18 Å². The maximum absolute atomic E-state index is 12.1. The zero-order chi connectivity index (χ0) is 20.2. The first-order valence-electron chi connectivity index (χ1n) is 7.36. The fourth-order valence-corrected chi connectivity index (χ4v) is 2.04. The first-order valence-corrected chi connectivity index (χ1v) is 7.36. The minimum absolute atomic E-state index is 0.203. The quantitative estimate of drug-likeness (QED) is 0.738. The van der Waals surface area contributed by atoms with Crippen LogP contribution < -0.4 is 16.2 Å². The largest absolute Gasteiger partial charge is 0.451 e. The minimum atomic E-state index is -4.64. The van der Waals surface area contributed by atoms with E-state index in [-0.39, 0.29) is 16.5 Å². The molecular weight excluding hydrogens is 373 g/mol. The van der Waals surface area contributed by atoms with Crippen molar-refractivity contribution in [3.63, 3.8) is 0 Å². The van der Waals surface area contributed by atoms with Crippen molar-refractivity contribution in [2.24, 2.45) is 7.05 Å². The summed E-state index contributed by atoms with van der Waals surface area (Å²) >= 11 is 0. The summed E-state index contributed by atoms with van der Waals surface area (Å²) in [6.07, 6.45) is -4.64. The minimum Gasteiger partial charge on any atom is -0.451 e. The average molecular weight is 386 g/mol. The third kappa shape index (κ3) is 5.26. The summed E-state index contributed by atoms with van der Waals surface area (Å²) in [7, 11) is 1.32. The van der Waals surface area contributed by atoms with Crippen LogP contribution in [0.1, 0.15) is 10.5 Å². The van der Waals surface area contributed by atoms with Gasteiger partial charge in [-0.1, -0.05) is 18.2 Å². The normalized spacial score (nSPS) is 11.1. The molecular formula is C15H13F3N4O5. The first kappa shape index (κ1) is 19.9. The molecule has 0 fully saturated rings. The van der Waals surface area contributed by atoms with Crippen LogP contribution in [-0.4, -0.2) is 47.0 Å². The molecule has 0 spiro atoms. The Balaban J connectivity index is 2.01. The van der Waals surface area contributed by atoms with Crippen molar-refractivity contribution in [1.82, 2.24) is 20.4 Å². The Morgan fingerprint density at radius 1 is 1.19 bits per heavy atom. The number of ether oxygens (including phenoxy) is 1. The molecule has 9 nitrogen and oxygen atoms in total. The molecule has 2 rings (SSSR count). The predicted molar refractivity (Wildman–Crippen MR) is 84.9 cm³/mol. The highest BCUT2D eigenvalue weighted by atomic mass is 19.4. The van der Waals surface area contributed by atoms with Crippen LogP contribution in [0.15, 0.2) is 29.1 Å². The lowest BCUT2D eigenvalue weighted by Crippen LogP contribution is -2.44. The maximum Gasteiger partial charge on any atom is 0.405 e. The molecule has 144 valence electrons. The van der Waals surface area contributed by atoms with Gasteiger partial charge in [0.25, 0.3) is 11.5 Å². The van der Waals surface area contributed by atoms with Crippen LogP contribution >= 0.6 is 0 Å². The van der Waals surface area contributed by atoms with Gasteiger partial charge in [0, 0.05) is 12.4 Å². The maximum atomic E-state index is 12.1. The zero-order valence-electron chi connectivity index (χ0n) is 13.8. The van der Waals surface area contributed by atoms with Gasteiger partial charge in [-0.05, 0) is 6.07 Å². The number of aromatic nitrogens is 2. The lowest BCUT2D eigenvalue weighted by molar-refractivity contribution is -0.125. The van der Waals surface area contributed by atoms with Gasteiger partial charge < -0.3 is 10.1 Å². The lowest BCUT2D eigenvalue weighted by Gasteiger charge is -2.10. The van der Waals surface area contributed by atoms with Gasteiger partial charge in [-0.15, -0.1) is 0 Å². The van der Waals surface area contributed by atoms with Crippen LogP contribution in [0.4, 0.5) is 18.0 Å². The van der Waals surface area contributed by atoms with E-state index in [1.54, 1.807) is 17.4 Å². The Kier molecular flexibility index (Phi) is 5.78. The highest BCUT2D eigenvalue weighted by Crippen LogP contribution is 2.14. The van der Waals surface area contributed by atoms with Crippen molar-refractivity contribution >= 4 is 28.7 Å². The van der Waals surface area contributed by atoms with Gasteiger partial charge >= 0.3 is 18.2 Å². The molecule has 0 aliphatic carbocycles. The summed E-state index contributed by atoms with van der Waals surface area (Å²) in [5, 5.41) is 7.20. The summed E-state index contributed by atoms with van der Waals surface area (Å²) in [5.74, 6) is -2.19. The molecule has 12 heteroatoms. The van der Waals surface area contributed by atoms with E-state index in [4.69, 9.17) is 4.74 Å². The second kappa shape index (κ2) is 7.85. The van der Waals surface area contributed by atoms with Crippen LogP contribution in [0.5, 0.6) is 0 Å². The number of esters is 1. The van der Waals surface area contributed by atoms with E-state index in [9.17, 15) is 32.3 Å². The lowest BCUT2D eigenvalue weighted by atomic mass is 10.1. The molecule has 1 aromatic heterocycles. The van der Waals surface area contributed by atoms with E-state index >= 15 is 0 Å². The molecule has 0 bridgehead atoms. The molecule has 0 saturated heterocycles. The van der Waals surface area contributed by atoms with Crippen LogP contribution in [0.25, 0.3) is 10.8 Å². The number of hydrogen-bond acceptors (Lipinski definition) is 6. The Bertz CT molecular complexity index is 955. The molecule has 1 aromatic carbocycles. The number of carbonyl (C=O) groups is 3. The number of amides is 3. The number of nitrogens with one attached hydrogen (secondary N) is 2. The SMILES string of the molecule is Cn1nc(C(=O)OCC(=O)NC(=O)NCC(F)(F)F)c2ccccc2c1=O. The third-order valence-electron chi connectivity index (χ3n) is 3.19. The molecule has 0 unspecified atom stereocenters. The standard InChI is InChI=1S/C15H13F3N4O5/c1-22-12(24)9-5-3-2-4-8(9)11(21-22)13(25)27-6-10(23)20-14(26)19-7-15(16,17)18/h2-5H,6-7H2,1H3,(H2,19,20,23,26). The summed E-state index contributed by atoms with van der Waals surface area (Å²) in [6, 6.07) is 4.71. The summed E-state index contributed by atoms with van der Waals surface area (Å²) < 4.78 is 41.5. The number of imide groups is 1. The van der Waals surface area contributed by atoms with Crippen molar-refractivity contribution in [2.75, 3.05) is 13.2 Å². The van der Waals surface area contributed by atoms with E-state index in [0.29, 0.717) is 0 Å². The monoisotopic (exact) mass is 386 g/mol. The molecule has 0 aliphatic rings. The Hall–Kier alpha value is -3.44. The van der Waals surface area contributed by atoms with E-state index < -0.39 is 42.8 Å². The Morgan fingerprint density at radius 3 is 2.44 bits per heavy atom. The fraction of sp³-hybridized carbons (Fsp3) is 0.267. The van der Waals surface area contributed by atoms with Gasteiger partial charge in [0.15, 0.2) is 12.3 Å². The van der Waals surface area contributed by atoms with Crippen LogP contribution in [-0.2, 0) is 16.6 Å². The molecule has 1 heterocycles. The highest BCUT2D eigenvalue weighted by Gasteiger charge is 2.28. The van der Waals surface area contributed by atoms with E-state index in [0.717, 1.165) is 4.68 Å². The number of aryl methyl sites for hydroxylation is 1. The van der Waals surface area contributed by atoms with E-state index in [1.165, 1.54) is 24.5 Å². The summed E-state index contributed by atoms with van der Waals surface area (Å²) in [5.41, 5.74) is -0.678. The summed E-state index contributed by atoms with van der Waals surface area (Å²) in [4.78, 5) is 46.8. The second-order valence-electron chi connectivity index (χ2n) is 5.25. The topological polar surface area (TPSA) is 119 Å². The molecule has 0 radical (unpaired) electrons. The van der Waals surface area contributed by atoms with Crippen LogP contribution in [0, 0.1) is 0 Å². The molecule has 0 saturated carbocycles. The third-order valence-corrected chi connectivity index (χ3v) is 3.19. The number of urea groups is 1. The molecule has 27 heavy (non-hydrogen) atoms. The molecule has 0 aliphatic heterocycles. The number of nitrogens with zero attached hydrogens (tertiary/aromatic N) is 2. The number of alkyl halides is 3. The van der Waals surface area contributed by atoms with Gasteiger partial charge in [0.2, 0.25) is 0 Å². The van der Waals surface area contributed by atoms with Gasteiger partial charge in [-0.3, -0.25) is 14.9 Å². The number of rotatable bonds is 4. The number of halogens is 3. The molecule has 0 atom stereocenters. The van der Waals surface area contributed by atoms with Crippen molar-refractivity contribution < 1.29 is 32.3 Å². The fourth-order valence-electron chi connectivity index (χ4n) is 2.04. The summed E-state index contributed by atoms with van der Waals surface area (Å²) in [6.45, 7) is -2.56. The van der Waals surface area contributed by atoms with Gasteiger partial charge in [0.1, 0.15) is 6.54 Å². The first-order chi connectivity index (χ1) is 12.6. The Labute approximate surface area is 149 Å². The number of carbonyl (C=O) groups excluding carboxylic acids is 3. The number of fused-ring (bicyclic) bond motifs is 1. The van der Waals surface area contributed by atoms with E-state index in [2.05, 4.69) is 5.10 Å². The zero-order valence-corrected chi connectivity index (χ0v) is 13.8. The number of benzene rings is 1. The average Bonchev–Trinajstić information content (AvgIpc) is 2.60. The van der Waals surface area contributed by atoms with Crippen molar-refractivity contribution in [3.05, 3.63) is 40.3 Å². The van der Waals surface area contributed by atoms with Gasteiger partial charge in [-0.25, -0.2) is 14.3 Å². The predicted octanol–water partition coefficient (Wildman–Crippen LogP) is 0.478. The smallest absolute Gasteiger partial charge is 0.405 e. The Morgan fingerprint density at radius 2 is 1.81 bits per heavy atom. The highest BCUT2D eigenvalue weighted by molar-refractivity contribution is 6.03. The van der Waals surface area contributed by atoms with Crippen molar-refractivity contribution in [1.29, 1.82) is 0 Å². The number of hydrogen-bond donors (Lipinski definition) is 2. The van der Waals surface area contributed by atoms with Crippen LogP contribution in [0.3, 0.4) is 0 Å². The van der Waals surface area contributed by atoms with E-state index in [1.807, 2.05) is 0 Å². The molecule has 2 N–H and O–H groups in total.